The Hall–Kier alpha value is -1.72. The lowest BCUT2D eigenvalue weighted by molar-refractivity contribution is -0.203. The van der Waals surface area contributed by atoms with Crippen molar-refractivity contribution in [2.75, 3.05) is 0 Å². The monoisotopic (exact) mass is 502 g/mol. The Morgan fingerprint density at radius 3 is 2.06 bits per heavy atom. The number of Topliss-reactive ketones (excluding diaryl/α,β-unsaturated/α-hetero) is 2. The molecule has 2 N–H and O–H groups in total. The maximum absolute atomic E-state index is 14.6. The average Bonchev–Trinajstić information content (AvgIpc) is 2.76. The summed E-state index contributed by atoms with van der Waals surface area (Å²) in [4.78, 5) is 52.4. The third kappa shape index (κ3) is 3.55. The van der Waals surface area contributed by atoms with E-state index in [9.17, 15) is 29.4 Å². The van der Waals surface area contributed by atoms with Crippen LogP contribution in [0.15, 0.2) is 0 Å². The normalized spacial score (nSPS) is 45.9. The Morgan fingerprint density at radius 2 is 1.47 bits per heavy atom. The van der Waals surface area contributed by atoms with Crippen molar-refractivity contribution in [3.05, 3.63) is 0 Å². The second-order valence-electron chi connectivity index (χ2n) is 14.9. The van der Waals surface area contributed by atoms with Gasteiger partial charge in [-0.2, -0.15) is 0 Å². The van der Waals surface area contributed by atoms with Crippen LogP contribution >= 0.6 is 0 Å². The highest BCUT2D eigenvalue weighted by molar-refractivity contribution is 5.94. The summed E-state index contributed by atoms with van der Waals surface area (Å²) in [5, 5.41) is 20.4. The van der Waals surface area contributed by atoms with Gasteiger partial charge in [-0.05, 0) is 79.4 Å². The summed E-state index contributed by atoms with van der Waals surface area (Å²) >= 11 is 0. The lowest BCUT2D eigenvalue weighted by atomic mass is 9.36. The molecule has 0 aromatic rings. The lowest BCUT2D eigenvalue weighted by Crippen LogP contribution is -2.66. The molecule has 4 aliphatic rings. The fraction of sp³-hybridized carbons (Fsp3) is 0.867. The summed E-state index contributed by atoms with van der Waals surface area (Å²) in [6.07, 6.45) is 5.34. The molecular formula is C30H46O6. The largest absolute Gasteiger partial charge is 0.481 e. The number of ketones is 2. The highest BCUT2D eigenvalue weighted by atomic mass is 16.4. The molecule has 0 radical (unpaired) electrons. The molecule has 202 valence electrons. The summed E-state index contributed by atoms with van der Waals surface area (Å²) in [7, 11) is 0. The number of hydrogen-bond donors (Lipinski definition) is 2. The molecule has 0 aromatic heterocycles. The van der Waals surface area contributed by atoms with E-state index in [1.54, 1.807) is 0 Å². The zero-order valence-electron chi connectivity index (χ0n) is 23.3. The molecule has 1 unspecified atom stereocenters. The maximum atomic E-state index is 14.6. The van der Waals surface area contributed by atoms with E-state index in [-0.39, 0.29) is 40.7 Å². The molecule has 6 heteroatoms. The summed E-state index contributed by atoms with van der Waals surface area (Å²) in [6.45, 7) is 14.6. The fourth-order valence-electron chi connectivity index (χ4n) is 9.78. The zero-order chi connectivity index (χ0) is 27.1. The van der Waals surface area contributed by atoms with Crippen LogP contribution in [0.5, 0.6) is 0 Å². The summed E-state index contributed by atoms with van der Waals surface area (Å²) in [5.74, 6) is -2.18. The van der Waals surface area contributed by atoms with Crippen LogP contribution < -0.4 is 0 Å². The third-order valence-corrected chi connectivity index (χ3v) is 12.5. The lowest BCUT2D eigenvalue weighted by Gasteiger charge is -2.67. The minimum atomic E-state index is -1.01. The number of carbonyl (C=O) groups is 4. The first-order chi connectivity index (χ1) is 16.4. The number of carboxylic acid groups (broad SMARTS) is 2. The van der Waals surface area contributed by atoms with Crippen molar-refractivity contribution >= 4 is 23.5 Å². The van der Waals surface area contributed by atoms with Gasteiger partial charge in [0.1, 0.15) is 11.6 Å². The topological polar surface area (TPSA) is 109 Å². The van der Waals surface area contributed by atoms with E-state index in [1.165, 1.54) is 0 Å². The van der Waals surface area contributed by atoms with Crippen LogP contribution in [0.1, 0.15) is 113 Å². The van der Waals surface area contributed by atoms with Crippen molar-refractivity contribution in [1.82, 2.24) is 0 Å². The van der Waals surface area contributed by atoms with Crippen LogP contribution in [0.4, 0.5) is 0 Å². The first-order valence-electron chi connectivity index (χ1n) is 13.9. The van der Waals surface area contributed by atoms with E-state index in [2.05, 4.69) is 27.7 Å². The minimum Gasteiger partial charge on any atom is -0.481 e. The van der Waals surface area contributed by atoms with E-state index in [4.69, 9.17) is 0 Å². The first-order valence-corrected chi connectivity index (χ1v) is 13.9. The molecule has 0 aliphatic heterocycles. The number of aliphatic carboxylic acids is 2. The van der Waals surface area contributed by atoms with Gasteiger partial charge >= 0.3 is 11.9 Å². The van der Waals surface area contributed by atoms with Crippen molar-refractivity contribution < 1.29 is 29.4 Å². The number of rotatable bonds is 4. The highest BCUT2D eigenvalue weighted by Gasteiger charge is 2.69. The fourth-order valence-corrected chi connectivity index (χ4v) is 9.78. The molecule has 7 atom stereocenters. The van der Waals surface area contributed by atoms with Gasteiger partial charge in [-0.1, -0.05) is 48.5 Å². The van der Waals surface area contributed by atoms with Crippen molar-refractivity contribution in [3.8, 4) is 0 Å². The molecule has 4 saturated carbocycles. The van der Waals surface area contributed by atoms with E-state index < -0.39 is 39.5 Å². The molecule has 0 amide bonds. The average molecular weight is 503 g/mol. The van der Waals surface area contributed by atoms with Gasteiger partial charge in [0.05, 0.1) is 5.41 Å². The van der Waals surface area contributed by atoms with Crippen LogP contribution in [-0.4, -0.2) is 33.7 Å². The van der Waals surface area contributed by atoms with Crippen molar-refractivity contribution in [2.45, 2.75) is 113 Å². The molecule has 0 spiro atoms. The smallest absolute Gasteiger partial charge is 0.310 e. The highest BCUT2D eigenvalue weighted by Crippen LogP contribution is 2.71. The molecule has 4 aliphatic carbocycles. The van der Waals surface area contributed by atoms with Crippen molar-refractivity contribution in [2.24, 2.45) is 50.2 Å². The molecule has 0 aromatic carbocycles. The van der Waals surface area contributed by atoms with Gasteiger partial charge in [0, 0.05) is 29.6 Å². The van der Waals surface area contributed by atoms with Crippen molar-refractivity contribution in [3.63, 3.8) is 0 Å². The van der Waals surface area contributed by atoms with Gasteiger partial charge in [0.25, 0.3) is 0 Å². The maximum Gasteiger partial charge on any atom is 0.310 e. The molecule has 0 heterocycles. The van der Waals surface area contributed by atoms with Crippen LogP contribution in [0.3, 0.4) is 0 Å². The van der Waals surface area contributed by atoms with Gasteiger partial charge in [-0.3, -0.25) is 19.2 Å². The second kappa shape index (κ2) is 8.14. The minimum absolute atomic E-state index is 0.0309. The van der Waals surface area contributed by atoms with Crippen LogP contribution in [-0.2, 0) is 19.2 Å². The van der Waals surface area contributed by atoms with Crippen LogP contribution in [0, 0.1) is 50.2 Å². The van der Waals surface area contributed by atoms with E-state index >= 15 is 0 Å². The quantitative estimate of drug-likeness (QED) is 0.477. The number of carboxylic acids is 2. The zero-order valence-corrected chi connectivity index (χ0v) is 23.3. The molecule has 36 heavy (non-hydrogen) atoms. The Morgan fingerprint density at radius 1 is 0.861 bits per heavy atom. The number of carbonyl (C=O) groups excluding carboxylic acids is 2. The Balaban J connectivity index is 1.81. The van der Waals surface area contributed by atoms with E-state index in [0.717, 1.165) is 12.8 Å². The Kier molecular flexibility index (Phi) is 6.18. The van der Waals surface area contributed by atoms with Gasteiger partial charge in [-0.25, -0.2) is 0 Å². The predicted molar refractivity (Wildman–Crippen MR) is 136 cm³/mol. The molecule has 6 nitrogen and oxygen atoms in total. The van der Waals surface area contributed by atoms with E-state index in [0.29, 0.717) is 44.9 Å². The molecular weight excluding hydrogens is 456 g/mol. The molecule has 4 fully saturated rings. The van der Waals surface area contributed by atoms with Gasteiger partial charge in [0.2, 0.25) is 0 Å². The molecule has 0 bridgehead atoms. The summed E-state index contributed by atoms with van der Waals surface area (Å²) < 4.78 is 0. The standard InChI is InChI=1S/C30H46O6/c1-25(2)12-14-30(24(35)36)15-13-29(7,23(34)18(30)17-25)28(6)11-8-19-26(3,4)21(31)9-10-27(19,5)20(28)16-22(32)33/h18-20H,8-17H2,1-7H3,(H,32,33)(H,35,36)/t18?,19-,20+,27-,28+,29+,30-/m0/s1. The Bertz CT molecular complexity index is 995. The predicted octanol–water partition coefficient (Wildman–Crippen LogP) is 6.16. The number of hydrogen-bond acceptors (Lipinski definition) is 4. The van der Waals surface area contributed by atoms with Crippen LogP contribution in [0.25, 0.3) is 0 Å². The van der Waals surface area contributed by atoms with Gasteiger partial charge < -0.3 is 10.2 Å². The van der Waals surface area contributed by atoms with Crippen molar-refractivity contribution in [1.29, 1.82) is 0 Å². The summed E-state index contributed by atoms with van der Waals surface area (Å²) in [5.41, 5.74) is -3.39. The number of fused-ring (bicyclic) bond motifs is 2. The third-order valence-electron chi connectivity index (χ3n) is 12.5. The summed E-state index contributed by atoms with van der Waals surface area (Å²) in [6, 6.07) is 0. The van der Waals surface area contributed by atoms with Gasteiger partial charge in [0.15, 0.2) is 0 Å². The first kappa shape index (κ1) is 27.3. The van der Waals surface area contributed by atoms with E-state index in [1.807, 2.05) is 20.8 Å². The Labute approximate surface area is 216 Å². The van der Waals surface area contributed by atoms with Gasteiger partial charge in [-0.15, -0.1) is 0 Å². The van der Waals surface area contributed by atoms with Crippen LogP contribution in [0.2, 0.25) is 0 Å². The molecule has 4 rings (SSSR count). The SMILES string of the molecule is CC1(C)CC[C@]2(C(=O)O)CC[C@@](C)([C@]3(C)CC[C@H]4C(C)(C)C(=O)CC[C@]4(C)[C@H]3CC(=O)O)C(=O)C2C1. The second-order valence-corrected chi connectivity index (χ2v) is 14.9. The molecule has 0 saturated heterocycles.